The second kappa shape index (κ2) is 8.47. The zero-order valence-corrected chi connectivity index (χ0v) is 19.3. The van der Waals surface area contributed by atoms with Gasteiger partial charge in [-0.25, -0.2) is 0 Å². The molecule has 0 saturated heterocycles. The number of amides is 2. The van der Waals surface area contributed by atoms with Crippen molar-refractivity contribution in [2.75, 3.05) is 18.9 Å². The predicted molar refractivity (Wildman–Crippen MR) is 133 cm³/mol. The van der Waals surface area contributed by atoms with Crippen LogP contribution in [0.25, 0.3) is 16.5 Å². The highest BCUT2D eigenvalue weighted by atomic mass is 16.3. The van der Waals surface area contributed by atoms with Gasteiger partial charge in [0.25, 0.3) is 5.91 Å². The van der Waals surface area contributed by atoms with Crippen molar-refractivity contribution in [3.05, 3.63) is 89.0 Å². The summed E-state index contributed by atoms with van der Waals surface area (Å²) in [4.78, 5) is 28.2. The number of anilines is 1. The van der Waals surface area contributed by atoms with E-state index in [9.17, 15) is 9.59 Å². The largest absolute Gasteiger partial charge is 0.459 e. The Morgan fingerprint density at radius 2 is 2.09 bits per heavy atom. The van der Waals surface area contributed by atoms with Crippen LogP contribution in [0.15, 0.2) is 71.0 Å². The number of hydrogen-bond acceptors (Lipinski definition) is 5. The quantitative estimate of drug-likeness (QED) is 0.415. The third-order valence-electron chi connectivity index (χ3n) is 6.98. The molecule has 2 aliphatic rings. The van der Waals surface area contributed by atoms with Gasteiger partial charge in [0.1, 0.15) is 6.04 Å². The molecule has 0 saturated carbocycles. The van der Waals surface area contributed by atoms with Gasteiger partial charge in [0.2, 0.25) is 5.91 Å². The Hall–Kier alpha value is -4.33. The Morgan fingerprint density at radius 3 is 2.97 bits per heavy atom. The van der Waals surface area contributed by atoms with Gasteiger partial charge < -0.3 is 20.0 Å². The van der Waals surface area contributed by atoms with Gasteiger partial charge in [0.05, 0.1) is 18.0 Å². The smallest absolute Gasteiger partial charge is 0.290 e. The second-order valence-electron chi connectivity index (χ2n) is 8.98. The van der Waals surface area contributed by atoms with Gasteiger partial charge in [0.15, 0.2) is 5.76 Å². The highest BCUT2D eigenvalue weighted by molar-refractivity contribution is 5.99. The van der Waals surface area contributed by atoms with E-state index in [4.69, 9.17) is 4.42 Å². The molecule has 1 aliphatic carbocycles. The fraction of sp³-hybridized carbons (Fsp3) is 0.222. The SMILES string of the molecule is CNC(=O)[C@H]1CC2=C(Cc3ccccc32)CN1C(=O)c1occc1CNc1ccc2[nH]ncc2c1. The Morgan fingerprint density at radius 1 is 1.20 bits per heavy atom. The zero-order valence-electron chi connectivity index (χ0n) is 19.3. The lowest BCUT2D eigenvalue weighted by atomic mass is 9.92. The predicted octanol–water partition coefficient (Wildman–Crippen LogP) is 3.74. The first-order valence-corrected chi connectivity index (χ1v) is 11.7. The lowest BCUT2D eigenvalue weighted by Gasteiger charge is -2.35. The summed E-state index contributed by atoms with van der Waals surface area (Å²) in [7, 11) is 1.61. The number of nitrogens with zero attached hydrogens (tertiary/aromatic N) is 2. The van der Waals surface area contributed by atoms with Crippen LogP contribution in [0.2, 0.25) is 0 Å². The van der Waals surface area contributed by atoms with Crippen LogP contribution in [-0.4, -0.2) is 46.5 Å². The number of likely N-dealkylation sites (N-methyl/N-ethyl adjacent to an activating group) is 1. The van der Waals surface area contributed by atoms with Crippen LogP contribution in [-0.2, 0) is 17.8 Å². The molecule has 1 aliphatic heterocycles. The average molecular weight is 468 g/mol. The van der Waals surface area contributed by atoms with Gasteiger partial charge in [-0.2, -0.15) is 5.10 Å². The number of nitrogens with one attached hydrogen (secondary N) is 3. The molecule has 2 aromatic carbocycles. The number of rotatable bonds is 5. The number of aromatic nitrogens is 2. The maximum absolute atomic E-state index is 13.7. The van der Waals surface area contributed by atoms with Crippen molar-refractivity contribution >= 4 is 34.0 Å². The summed E-state index contributed by atoms with van der Waals surface area (Å²) in [6, 6.07) is 15.4. The van der Waals surface area contributed by atoms with Crippen molar-refractivity contribution in [2.24, 2.45) is 0 Å². The van der Waals surface area contributed by atoms with Crippen molar-refractivity contribution in [1.29, 1.82) is 0 Å². The Kier molecular flexibility index (Phi) is 5.13. The molecule has 0 spiro atoms. The maximum atomic E-state index is 13.7. The Balaban J connectivity index is 1.25. The monoisotopic (exact) mass is 467 g/mol. The molecule has 3 N–H and O–H groups in total. The molecule has 6 rings (SSSR count). The first-order chi connectivity index (χ1) is 17.1. The maximum Gasteiger partial charge on any atom is 0.290 e. The van der Waals surface area contributed by atoms with E-state index < -0.39 is 6.04 Å². The lowest BCUT2D eigenvalue weighted by Crippen LogP contribution is -2.51. The zero-order chi connectivity index (χ0) is 23.9. The Labute approximate surface area is 202 Å². The molecular weight excluding hydrogens is 442 g/mol. The summed E-state index contributed by atoms with van der Waals surface area (Å²) >= 11 is 0. The summed E-state index contributed by atoms with van der Waals surface area (Å²) in [6.07, 6.45) is 4.60. The fourth-order valence-corrected chi connectivity index (χ4v) is 5.18. The van der Waals surface area contributed by atoms with E-state index in [1.807, 2.05) is 30.3 Å². The minimum absolute atomic E-state index is 0.172. The van der Waals surface area contributed by atoms with Crippen LogP contribution >= 0.6 is 0 Å². The number of fused-ring (bicyclic) bond motifs is 3. The number of benzene rings is 2. The summed E-state index contributed by atoms with van der Waals surface area (Å²) < 4.78 is 5.67. The molecule has 0 fully saturated rings. The number of furan rings is 1. The highest BCUT2D eigenvalue weighted by Crippen LogP contribution is 2.40. The summed E-state index contributed by atoms with van der Waals surface area (Å²) in [5, 5.41) is 14.1. The first kappa shape index (κ1) is 21.2. The van der Waals surface area contributed by atoms with Crippen molar-refractivity contribution in [3.8, 4) is 0 Å². The van der Waals surface area contributed by atoms with Crippen LogP contribution in [0.1, 0.15) is 33.7 Å². The van der Waals surface area contributed by atoms with E-state index in [0.717, 1.165) is 28.6 Å². The Bertz CT molecular complexity index is 1480. The van der Waals surface area contributed by atoms with E-state index in [0.29, 0.717) is 19.5 Å². The van der Waals surface area contributed by atoms with Gasteiger partial charge in [-0.05, 0) is 53.0 Å². The molecule has 3 heterocycles. The van der Waals surface area contributed by atoms with Gasteiger partial charge in [-0.1, -0.05) is 24.3 Å². The van der Waals surface area contributed by atoms with E-state index in [1.54, 1.807) is 24.2 Å². The molecule has 2 amide bonds. The van der Waals surface area contributed by atoms with Gasteiger partial charge >= 0.3 is 0 Å². The second-order valence-corrected chi connectivity index (χ2v) is 8.98. The van der Waals surface area contributed by atoms with Crippen LogP contribution in [0, 0.1) is 0 Å². The molecule has 4 aromatic rings. The summed E-state index contributed by atoms with van der Waals surface area (Å²) in [6.45, 7) is 0.824. The molecule has 8 heteroatoms. The summed E-state index contributed by atoms with van der Waals surface area (Å²) in [5.74, 6) is -0.183. The molecule has 1 atom stereocenters. The van der Waals surface area contributed by atoms with E-state index in [-0.39, 0.29) is 17.6 Å². The molecule has 0 bridgehead atoms. The number of carbonyl (C=O) groups excluding carboxylic acids is 2. The fourth-order valence-electron chi connectivity index (χ4n) is 5.18. The number of aromatic amines is 1. The number of carbonyl (C=O) groups is 2. The molecule has 35 heavy (non-hydrogen) atoms. The van der Waals surface area contributed by atoms with E-state index >= 15 is 0 Å². The molecular formula is C27H25N5O3. The summed E-state index contributed by atoms with van der Waals surface area (Å²) in [5.41, 5.74) is 7.45. The minimum atomic E-state index is -0.591. The van der Waals surface area contributed by atoms with Crippen molar-refractivity contribution in [3.63, 3.8) is 0 Å². The van der Waals surface area contributed by atoms with Gasteiger partial charge in [0, 0.05) is 43.2 Å². The van der Waals surface area contributed by atoms with Gasteiger partial charge in [-0.3, -0.25) is 14.7 Å². The molecule has 0 radical (unpaired) electrons. The lowest BCUT2D eigenvalue weighted by molar-refractivity contribution is -0.125. The van der Waals surface area contributed by atoms with Crippen LogP contribution in [0.3, 0.4) is 0 Å². The topological polar surface area (TPSA) is 103 Å². The molecule has 8 nitrogen and oxygen atoms in total. The number of hydrogen-bond donors (Lipinski definition) is 3. The van der Waals surface area contributed by atoms with Crippen molar-refractivity contribution in [2.45, 2.75) is 25.4 Å². The number of H-pyrrole nitrogens is 1. The van der Waals surface area contributed by atoms with E-state index in [1.165, 1.54) is 28.5 Å². The molecule has 176 valence electrons. The normalized spacial score (nSPS) is 16.8. The average Bonchev–Trinajstić information content (AvgIpc) is 3.63. The minimum Gasteiger partial charge on any atom is -0.459 e. The third kappa shape index (κ3) is 3.67. The first-order valence-electron chi connectivity index (χ1n) is 11.7. The standard InChI is InChI=1S/C27H25N5O3/c1-28-26(33)24-12-22-19(10-16-4-2-3-5-21(16)22)15-32(24)27(34)25-17(8-9-35-25)13-29-20-6-7-23-18(11-20)14-30-31-23/h2-9,11,14,24,29H,10,12-13,15H2,1H3,(H,28,33)(H,30,31)/t24-/m1/s1. The van der Waals surface area contributed by atoms with Crippen LogP contribution in [0.5, 0.6) is 0 Å². The van der Waals surface area contributed by atoms with Crippen molar-refractivity contribution in [1.82, 2.24) is 20.4 Å². The molecule has 0 unspecified atom stereocenters. The van der Waals surface area contributed by atoms with Crippen LogP contribution < -0.4 is 10.6 Å². The third-order valence-corrected chi connectivity index (χ3v) is 6.98. The van der Waals surface area contributed by atoms with E-state index in [2.05, 4.69) is 33.0 Å². The van der Waals surface area contributed by atoms with Gasteiger partial charge in [-0.15, -0.1) is 0 Å². The molecule has 2 aromatic heterocycles. The highest BCUT2D eigenvalue weighted by Gasteiger charge is 2.39. The van der Waals surface area contributed by atoms with Crippen LogP contribution in [0.4, 0.5) is 5.69 Å². The van der Waals surface area contributed by atoms with Crippen molar-refractivity contribution < 1.29 is 14.0 Å².